The van der Waals surface area contributed by atoms with Gasteiger partial charge < -0.3 is 14.2 Å². The molecule has 0 radical (unpaired) electrons. The minimum absolute atomic E-state index is 0.0251. The van der Waals surface area contributed by atoms with E-state index < -0.39 is 17.1 Å². The molecule has 0 unspecified atom stereocenters. The molecule has 4 aliphatic rings. The van der Waals surface area contributed by atoms with Crippen LogP contribution in [-0.2, 0) is 21.4 Å². The fourth-order valence-electron chi connectivity index (χ4n) is 5.63. The number of rotatable bonds is 2. The first-order valence-corrected chi connectivity index (χ1v) is 8.44. The highest BCUT2D eigenvalue weighted by Crippen LogP contribution is 2.64. The first-order chi connectivity index (χ1) is 11.6. The van der Waals surface area contributed by atoms with Crippen molar-refractivity contribution in [2.75, 3.05) is 27.8 Å². The number of ether oxygens (including phenoxy) is 3. The Morgan fingerprint density at radius 3 is 2.92 bits per heavy atom. The maximum Gasteiger partial charge on any atom is 0.196 e. The number of likely N-dealkylation sites (tertiary alicyclic amines) is 1. The zero-order valence-electron chi connectivity index (χ0n) is 14.2. The molecule has 0 aromatic heterocycles. The van der Waals surface area contributed by atoms with Crippen LogP contribution in [-0.4, -0.2) is 56.2 Å². The summed E-state index contributed by atoms with van der Waals surface area (Å²) in [7, 11) is 5.54. The number of hydrogen-bond acceptors (Lipinski definition) is 5. The Kier molecular flexibility index (Phi) is 2.66. The lowest BCUT2D eigenvalue weighted by Gasteiger charge is -2.61. The van der Waals surface area contributed by atoms with Gasteiger partial charge in [0.2, 0.25) is 0 Å². The fourth-order valence-corrected chi connectivity index (χ4v) is 5.63. The van der Waals surface area contributed by atoms with Crippen LogP contribution in [0.5, 0.6) is 11.5 Å². The lowest BCUT2D eigenvalue weighted by molar-refractivity contribution is -0.162. The zero-order chi connectivity index (χ0) is 16.7. The highest BCUT2D eigenvalue weighted by Gasteiger charge is 2.72. The third-order valence-electron chi connectivity index (χ3n) is 6.65. The standard InChI is InChI=1S/C19H21NO4/c1-20-9-8-18-15-11-4-5-13(22-2)16(15)24-17(18)12(21)6-7-19(18,23-3)14(20)10-11/h4-7,14,17H,8-10H2,1-3H3/t14-,17+,18+,19-/m1/s1. The van der Waals surface area contributed by atoms with E-state index in [1.54, 1.807) is 20.3 Å². The minimum Gasteiger partial charge on any atom is -0.493 e. The molecule has 5 nitrogen and oxygen atoms in total. The Morgan fingerprint density at radius 1 is 1.33 bits per heavy atom. The van der Waals surface area contributed by atoms with Crippen LogP contribution in [0.2, 0.25) is 0 Å². The molecule has 1 saturated heterocycles. The van der Waals surface area contributed by atoms with Gasteiger partial charge in [-0.05, 0) is 50.2 Å². The number of piperidine rings is 1. The summed E-state index contributed by atoms with van der Waals surface area (Å²) < 4.78 is 18.0. The number of hydrogen-bond donors (Lipinski definition) is 0. The van der Waals surface area contributed by atoms with Gasteiger partial charge in [0.15, 0.2) is 23.4 Å². The molecular weight excluding hydrogens is 306 g/mol. The van der Waals surface area contributed by atoms with Crippen LogP contribution in [0.15, 0.2) is 24.3 Å². The number of carbonyl (C=O) groups excluding carboxylic acids is 1. The summed E-state index contributed by atoms with van der Waals surface area (Å²) in [5.74, 6) is 1.46. The molecule has 0 saturated carbocycles. The highest BCUT2D eigenvalue weighted by atomic mass is 16.5. The maximum absolute atomic E-state index is 12.7. The monoisotopic (exact) mass is 327 g/mol. The predicted octanol–water partition coefficient (Wildman–Crippen LogP) is 1.48. The van der Waals surface area contributed by atoms with Crippen molar-refractivity contribution in [2.24, 2.45) is 0 Å². The largest absolute Gasteiger partial charge is 0.493 e. The SMILES string of the molecule is COc1ccc2c3c1O[C@H]1C(=O)C=C[C@@]4(OC)[C@@H](C2)N(C)CC[C@]314. The van der Waals surface area contributed by atoms with Crippen molar-refractivity contribution in [1.82, 2.24) is 4.90 Å². The van der Waals surface area contributed by atoms with Crippen molar-refractivity contribution in [3.8, 4) is 11.5 Å². The second-order valence-electron chi connectivity index (χ2n) is 7.28. The van der Waals surface area contributed by atoms with Gasteiger partial charge in [-0.1, -0.05) is 6.07 Å². The number of carbonyl (C=O) groups is 1. The van der Waals surface area contributed by atoms with E-state index >= 15 is 0 Å². The van der Waals surface area contributed by atoms with E-state index in [1.165, 1.54) is 5.56 Å². The summed E-state index contributed by atoms with van der Waals surface area (Å²) in [4.78, 5) is 15.1. The molecule has 24 heavy (non-hydrogen) atoms. The van der Waals surface area contributed by atoms with E-state index in [4.69, 9.17) is 14.2 Å². The lowest BCUT2D eigenvalue weighted by atomic mass is 9.50. The Hall–Kier alpha value is -1.85. The summed E-state index contributed by atoms with van der Waals surface area (Å²) in [5.41, 5.74) is 1.39. The normalized spacial score (nSPS) is 38.7. The van der Waals surface area contributed by atoms with Crippen LogP contribution in [0.25, 0.3) is 0 Å². The molecule has 1 aromatic carbocycles. The van der Waals surface area contributed by atoms with Crippen LogP contribution in [0, 0.1) is 0 Å². The smallest absolute Gasteiger partial charge is 0.196 e. The molecule has 2 heterocycles. The molecule has 2 aliphatic carbocycles. The van der Waals surface area contributed by atoms with E-state index in [9.17, 15) is 4.79 Å². The molecular formula is C19H21NO4. The molecule has 1 fully saturated rings. The quantitative estimate of drug-likeness (QED) is 0.823. The van der Waals surface area contributed by atoms with Gasteiger partial charge in [-0.2, -0.15) is 0 Å². The maximum atomic E-state index is 12.7. The molecule has 5 rings (SSSR count). The number of benzene rings is 1. The Morgan fingerprint density at radius 2 is 2.17 bits per heavy atom. The van der Waals surface area contributed by atoms with E-state index in [0.29, 0.717) is 5.75 Å². The van der Waals surface area contributed by atoms with Crippen LogP contribution >= 0.6 is 0 Å². The topological polar surface area (TPSA) is 48.0 Å². The van der Waals surface area contributed by atoms with Crippen LogP contribution in [0.4, 0.5) is 0 Å². The lowest BCUT2D eigenvalue weighted by Crippen LogP contribution is -2.75. The predicted molar refractivity (Wildman–Crippen MR) is 87.7 cm³/mol. The van der Waals surface area contributed by atoms with Gasteiger partial charge in [0.05, 0.1) is 12.5 Å². The van der Waals surface area contributed by atoms with Gasteiger partial charge in [-0.3, -0.25) is 9.69 Å². The minimum atomic E-state index is -0.539. The molecule has 1 spiro atoms. The summed E-state index contributed by atoms with van der Waals surface area (Å²) in [5, 5.41) is 0. The molecule has 0 amide bonds. The summed E-state index contributed by atoms with van der Waals surface area (Å²) >= 11 is 0. The van der Waals surface area contributed by atoms with Crippen molar-refractivity contribution in [2.45, 2.75) is 36.0 Å². The first-order valence-electron chi connectivity index (χ1n) is 8.44. The number of methoxy groups -OCH3 is 2. The molecule has 0 N–H and O–H groups in total. The van der Waals surface area contributed by atoms with Gasteiger partial charge >= 0.3 is 0 Å². The van der Waals surface area contributed by atoms with Crippen LogP contribution in [0.3, 0.4) is 0 Å². The average molecular weight is 327 g/mol. The molecule has 2 aliphatic heterocycles. The van der Waals surface area contributed by atoms with E-state index in [2.05, 4.69) is 18.0 Å². The Bertz CT molecular complexity index is 788. The van der Waals surface area contributed by atoms with Crippen molar-refractivity contribution in [1.29, 1.82) is 0 Å². The number of likely N-dealkylation sites (N-methyl/N-ethyl adjacent to an activating group) is 1. The Balaban J connectivity index is 1.89. The third kappa shape index (κ3) is 1.31. The highest BCUT2D eigenvalue weighted by molar-refractivity contribution is 5.99. The molecule has 5 heteroatoms. The van der Waals surface area contributed by atoms with Crippen LogP contribution < -0.4 is 9.47 Å². The van der Waals surface area contributed by atoms with E-state index in [-0.39, 0.29) is 11.8 Å². The van der Waals surface area contributed by atoms with Crippen molar-refractivity contribution in [3.63, 3.8) is 0 Å². The van der Waals surface area contributed by atoms with Gasteiger partial charge in [-0.15, -0.1) is 0 Å². The summed E-state index contributed by atoms with van der Waals surface area (Å²) in [6, 6.07) is 4.27. The van der Waals surface area contributed by atoms with Gasteiger partial charge in [0.1, 0.15) is 5.60 Å². The van der Waals surface area contributed by atoms with Crippen molar-refractivity contribution in [3.05, 3.63) is 35.4 Å². The average Bonchev–Trinajstić information content (AvgIpc) is 2.95. The molecule has 1 aromatic rings. The molecule has 126 valence electrons. The van der Waals surface area contributed by atoms with Crippen LogP contribution in [0.1, 0.15) is 17.5 Å². The van der Waals surface area contributed by atoms with Crippen molar-refractivity contribution >= 4 is 5.78 Å². The number of ketones is 1. The number of nitrogens with zero attached hydrogens (tertiary/aromatic N) is 1. The zero-order valence-corrected chi connectivity index (χ0v) is 14.2. The second kappa shape index (κ2) is 4.41. The van der Waals surface area contributed by atoms with Gasteiger partial charge in [0, 0.05) is 18.7 Å². The summed E-state index contributed by atoms with van der Waals surface area (Å²) in [6.07, 6.45) is 4.84. The van der Waals surface area contributed by atoms with E-state index in [1.807, 2.05) is 12.1 Å². The molecule has 4 atom stereocenters. The fraction of sp³-hybridized carbons (Fsp3) is 0.526. The third-order valence-corrected chi connectivity index (χ3v) is 6.65. The summed E-state index contributed by atoms with van der Waals surface area (Å²) in [6.45, 7) is 0.923. The molecule has 2 bridgehead atoms. The first kappa shape index (κ1) is 14.5. The van der Waals surface area contributed by atoms with Gasteiger partial charge in [0.25, 0.3) is 0 Å². The van der Waals surface area contributed by atoms with E-state index in [0.717, 1.165) is 30.7 Å². The van der Waals surface area contributed by atoms with Gasteiger partial charge in [-0.25, -0.2) is 0 Å². The second-order valence-corrected chi connectivity index (χ2v) is 7.28. The van der Waals surface area contributed by atoms with Crippen molar-refractivity contribution < 1.29 is 19.0 Å². The Labute approximate surface area is 141 Å².